The van der Waals surface area contributed by atoms with E-state index in [9.17, 15) is 4.79 Å². The minimum atomic E-state index is -0.0674. The van der Waals surface area contributed by atoms with Crippen LogP contribution in [0.25, 0.3) is 0 Å². The molecule has 4 atom stereocenters. The number of carbonyl (C=O) groups excluding carboxylic acids is 1. The molecule has 74 valence electrons. The van der Waals surface area contributed by atoms with E-state index in [0.29, 0.717) is 18.4 Å². The maximum Gasteiger partial charge on any atom is 0.310 e. The monoisotopic (exact) mass is 183 g/mol. The van der Waals surface area contributed by atoms with Gasteiger partial charge in [-0.3, -0.25) is 4.79 Å². The minimum Gasteiger partial charge on any atom is -0.466 e. The van der Waals surface area contributed by atoms with Gasteiger partial charge < -0.3 is 10.5 Å². The fraction of sp³-hybridized carbons (Fsp3) is 0.900. The zero-order chi connectivity index (χ0) is 9.42. The molecule has 2 N–H and O–H groups in total. The number of hydrogen-bond acceptors (Lipinski definition) is 3. The van der Waals surface area contributed by atoms with E-state index in [1.807, 2.05) is 6.92 Å². The number of rotatable bonds is 2. The largest absolute Gasteiger partial charge is 0.466 e. The normalized spacial score (nSPS) is 42.3. The predicted molar refractivity (Wildman–Crippen MR) is 48.9 cm³/mol. The number of esters is 1. The van der Waals surface area contributed by atoms with E-state index in [1.165, 1.54) is 12.8 Å². The van der Waals surface area contributed by atoms with Crippen LogP contribution in [0, 0.1) is 17.8 Å². The molecular formula is C10H17NO2. The maximum absolute atomic E-state index is 11.5. The molecule has 2 fully saturated rings. The van der Waals surface area contributed by atoms with Gasteiger partial charge >= 0.3 is 5.97 Å². The summed E-state index contributed by atoms with van der Waals surface area (Å²) in [6, 6.07) is 0.0674. The lowest BCUT2D eigenvalue weighted by molar-refractivity contribution is -0.150. The Hall–Kier alpha value is -0.570. The summed E-state index contributed by atoms with van der Waals surface area (Å²) < 4.78 is 5.03. The molecule has 2 aliphatic carbocycles. The van der Waals surface area contributed by atoms with Crippen LogP contribution in [-0.4, -0.2) is 18.6 Å². The van der Waals surface area contributed by atoms with E-state index in [1.54, 1.807) is 0 Å². The molecule has 0 aromatic carbocycles. The summed E-state index contributed by atoms with van der Waals surface area (Å²) in [5, 5.41) is 0. The van der Waals surface area contributed by atoms with Crippen LogP contribution < -0.4 is 5.73 Å². The number of nitrogens with two attached hydrogens (primary N) is 1. The smallest absolute Gasteiger partial charge is 0.310 e. The van der Waals surface area contributed by atoms with Crippen LogP contribution in [0.2, 0.25) is 0 Å². The summed E-state index contributed by atoms with van der Waals surface area (Å²) in [6.45, 7) is 2.32. The molecule has 1 unspecified atom stereocenters. The van der Waals surface area contributed by atoms with E-state index in [4.69, 9.17) is 10.5 Å². The molecule has 0 saturated heterocycles. The lowest BCUT2D eigenvalue weighted by Gasteiger charge is -2.25. The summed E-state index contributed by atoms with van der Waals surface area (Å²) in [4.78, 5) is 11.5. The number of fused-ring (bicyclic) bond motifs is 2. The van der Waals surface area contributed by atoms with Gasteiger partial charge in [0.25, 0.3) is 0 Å². The average molecular weight is 183 g/mol. The van der Waals surface area contributed by atoms with Crippen molar-refractivity contribution in [2.45, 2.75) is 32.2 Å². The Morgan fingerprint density at radius 2 is 2.15 bits per heavy atom. The summed E-state index contributed by atoms with van der Waals surface area (Å²) in [5.41, 5.74) is 5.99. The van der Waals surface area contributed by atoms with Crippen molar-refractivity contribution < 1.29 is 9.53 Å². The van der Waals surface area contributed by atoms with Gasteiger partial charge in [-0.25, -0.2) is 0 Å². The van der Waals surface area contributed by atoms with E-state index in [-0.39, 0.29) is 17.9 Å². The van der Waals surface area contributed by atoms with Crippen molar-refractivity contribution in [2.75, 3.05) is 6.61 Å². The van der Waals surface area contributed by atoms with Gasteiger partial charge in [0.2, 0.25) is 0 Å². The molecule has 2 rings (SSSR count). The van der Waals surface area contributed by atoms with Gasteiger partial charge in [0.05, 0.1) is 12.5 Å². The van der Waals surface area contributed by atoms with Crippen molar-refractivity contribution >= 4 is 5.97 Å². The molecule has 0 aromatic rings. The molecule has 0 heterocycles. The summed E-state index contributed by atoms with van der Waals surface area (Å²) in [6.07, 6.45) is 3.52. The van der Waals surface area contributed by atoms with Crippen molar-refractivity contribution in [3.05, 3.63) is 0 Å². The zero-order valence-electron chi connectivity index (χ0n) is 8.03. The molecule has 2 saturated carbocycles. The SMILES string of the molecule is CCOC(=O)[C@@H]1C2CC[C@H](C2)[C@@H]1N. The first-order valence-electron chi connectivity index (χ1n) is 5.16. The molecular weight excluding hydrogens is 166 g/mol. The highest BCUT2D eigenvalue weighted by Crippen LogP contribution is 2.47. The van der Waals surface area contributed by atoms with Crippen LogP contribution in [0.4, 0.5) is 0 Å². The molecule has 0 spiro atoms. The fourth-order valence-electron chi connectivity index (χ4n) is 2.92. The molecule has 0 aliphatic heterocycles. The Kier molecular flexibility index (Phi) is 2.28. The first-order valence-corrected chi connectivity index (χ1v) is 5.16. The summed E-state index contributed by atoms with van der Waals surface area (Å²) in [5.74, 6) is 1.03. The second-order valence-electron chi connectivity index (χ2n) is 4.19. The standard InChI is InChI=1S/C10H17NO2/c1-2-13-10(12)8-6-3-4-7(5-6)9(8)11/h6-9H,2-5,11H2,1H3/t6?,7-,8-,9+/m1/s1. The van der Waals surface area contributed by atoms with E-state index >= 15 is 0 Å². The van der Waals surface area contributed by atoms with Crippen molar-refractivity contribution in [3.8, 4) is 0 Å². The number of hydrogen-bond donors (Lipinski definition) is 1. The third-order valence-corrected chi connectivity index (χ3v) is 3.54. The van der Waals surface area contributed by atoms with Crippen LogP contribution in [0.3, 0.4) is 0 Å². The van der Waals surface area contributed by atoms with Crippen molar-refractivity contribution in [1.82, 2.24) is 0 Å². The van der Waals surface area contributed by atoms with Gasteiger partial charge in [-0.2, -0.15) is 0 Å². The van der Waals surface area contributed by atoms with Crippen molar-refractivity contribution in [1.29, 1.82) is 0 Å². The molecule has 13 heavy (non-hydrogen) atoms. The average Bonchev–Trinajstić information content (AvgIpc) is 2.63. The predicted octanol–water partition coefficient (Wildman–Crippen LogP) is 0.923. The Balaban J connectivity index is 2.03. The lowest BCUT2D eigenvalue weighted by atomic mass is 9.85. The van der Waals surface area contributed by atoms with Crippen LogP contribution in [0.5, 0.6) is 0 Å². The topological polar surface area (TPSA) is 52.3 Å². The molecule has 0 radical (unpaired) electrons. The molecule has 3 nitrogen and oxygen atoms in total. The maximum atomic E-state index is 11.5. The minimum absolute atomic E-state index is 0.00120. The lowest BCUT2D eigenvalue weighted by Crippen LogP contribution is -2.41. The van der Waals surface area contributed by atoms with Crippen molar-refractivity contribution in [3.63, 3.8) is 0 Å². The molecule has 0 amide bonds. The van der Waals surface area contributed by atoms with E-state index < -0.39 is 0 Å². The number of carbonyl (C=O) groups is 1. The van der Waals surface area contributed by atoms with Gasteiger partial charge in [-0.15, -0.1) is 0 Å². The first-order chi connectivity index (χ1) is 6.24. The highest BCUT2D eigenvalue weighted by Gasteiger charge is 2.49. The van der Waals surface area contributed by atoms with E-state index in [2.05, 4.69) is 0 Å². The third-order valence-electron chi connectivity index (χ3n) is 3.54. The van der Waals surface area contributed by atoms with Crippen LogP contribution in [0.15, 0.2) is 0 Å². The molecule has 2 aliphatic rings. The quantitative estimate of drug-likeness (QED) is 0.648. The first kappa shape index (κ1) is 9.00. The second-order valence-corrected chi connectivity index (χ2v) is 4.19. The fourth-order valence-corrected chi connectivity index (χ4v) is 2.92. The van der Waals surface area contributed by atoms with Gasteiger partial charge in [-0.1, -0.05) is 0 Å². The number of ether oxygens (including phenoxy) is 1. The Morgan fingerprint density at radius 1 is 1.46 bits per heavy atom. The zero-order valence-corrected chi connectivity index (χ0v) is 8.03. The molecule has 0 aromatic heterocycles. The van der Waals surface area contributed by atoms with Crippen molar-refractivity contribution in [2.24, 2.45) is 23.5 Å². The van der Waals surface area contributed by atoms with Gasteiger partial charge in [-0.05, 0) is 38.0 Å². The summed E-state index contributed by atoms with van der Waals surface area (Å²) in [7, 11) is 0. The Labute approximate surface area is 78.6 Å². The molecule has 2 bridgehead atoms. The van der Waals surface area contributed by atoms with E-state index in [0.717, 1.165) is 6.42 Å². The van der Waals surface area contributed by atoms with Gasteiger partial charge in [0.1, 0.15) is 0 Å². The van der Waals surface area contributed by atoms with Crippen LogP contribution in [-0.2, 0) is 9.53 Å². The van der Waals surface area contributed by atoms with Crippen LogP contribution >= 0.6 is 0 Å². The highest BCUT2D eigenvalue weighted by atomic mass is 16.5. The summed E-state index contributed by atoms with van der Waals surface area (Å²) >= 11 is 0. The van der Waals surface area contributed by atoms with Gasteiger partial charge in [0, 0.05) is 6.04 Å². The highest BCUT2D eigenvalue weighted by molar-refractivity contribution is 5.74. The van der Waals surface area contributed by atoms with Crippen LogP contribution in [0.1, 0.15) is 26.2 Å². The molecule has 3 heteroatoms. The Morgan fingerprint density at radius 3 is 2.69 bits per heavy atom. The Bertz CT molecular complexity index is 215. The second kappa shape index (κ2) is 3.29. The third kappa shape index (κ3) is 1.35. The van der Waals surface area contributed by atoms with Gasteiger partial charge in [0.15, 0.2) is 0 Å².